The first kappa shape index (κ1) is 42.1. The molecule has 3 N–H and O–H groups in total. The number of azide groups is 1. The van der Waals surface area contributed by atoms with Crippen molar-refractivity contribution >= 4 is 17.5 Å². The van der Waals surface area contributed by atoms with Crippen molar-refractivity contribution in [2.75, 3.05) is 46.2 Å². The molecule has 57 heavy (non-hydrogen) atoms. The number of nitrogens with zero attached hydrogens (tertiary/aromatic N) is 6. The van der Waals surface area contributed by atoms with Crippen molar-refractivity contribution in [2.24, 2.45) is 34.2 Å². The van der Waals surface area contributed by atoms with Crippen LogP contribution in [0.15, 0.2) is 71.8 Å². The van der Waals surface area contributed by atoms with Crippen LogP contribution in [0, 0.1) is 34.9 Å². The minimum absolute atomic E-state index is 0.0334. The van der Waals surface area contributed by atoms with Gasteiger partial charge in [-0.3, -0.25) is 14.4 Å². The van der Waals surface area contributed by atoms with Crippen molar-refractivity contribution in [3.8, 4) is 11.1 Å². The number of hydrogen-bond donors (Lipinski definition) is 3. The molecule has 0 unspecified atom stereocenters. The van der Waals surface area contributed by atoms with Gasteiger partial charge in [0.1, 0.15) is 11.9 Å². The Morgan fingerprint density at radius 2 is 1.81 bits per heavy atom. The molecule has 1 saturated heterocycles. The number of amides is 2. The van der Waals surface area contributed by atoms with Gasteiger partial charge in [-0.25, -0.2) is 4.39 Å². The van der Waals surface area contributed by atoms with E-state index in [1.807, 2.05) is 69.5 Å². The van der Waals surface area contributed by atoms with Gasteiger partial charge in [0.15, 0.2) is 0 Å². The number of nitrogens with one attached hydrogen (secondary N) is 2. The van der Waals surface area contributed by atoms with Gasteiger partial charge < -0.3 is 25.5 Å². The molecular weight excluding hydrogens is 724 g/mol. The highest BCUT2D eigenvalue weighted by Crippen LogP contribution is 2.61. The zero-order valence-corrected chi connectivity index (χ0v) is 34.5. The molecule has 9 atom stereocenters. The lowest BCUT2D eigenvalue weighted by atomic mass is 9.45. The molecule has 12 nitrogen and oxygen atoms in total. The van der Waals surface area contributed by atoms with E-state index in [1.54, 1.807) is 19.1 Å². The molecule has 0 radical (unpaired) electrons. The standard InChI is InChI=1S/C44H59FN8O4/c1-26-36-21-33(44(36,3)4)22-38(26)49-43(56)41-40(27(2)54)39(23-47-50-46)57-53(41)24-32-17-29(14-15-37(32)45)30-18-31(20-35(19-30)52(7)8)42(55)48-34(25-51(5)6)16-28-12-10-9-11-13-28/h9-15,17-20,26-27,33-34,36,38-41,54H,16,21-25H2,1-8H3,(H,48,55)(H,49,56)/t26-,27-,33+,34-,36-,38-,39-,40+,41-/m0/s1. The maximum Gasteiger partial charge on any atom is 0.251 e. The third-order valence-corrected chi connectivity index (χ3v) is 12.9. The van der Waals surface area contributed by atoms with Crippen molar-refractivity contribution < 1.29 is 23.9 Å². The Labute approximate surface area is 336 Å². The molecule has 3 aromatic carbocycles. The number of anilines is 1. The summed E-state index contributed by atoms with van der Waals surface area (Å²) in [7, 11) is 7.77. The number of rotatable bonds is 15. The maximum atomic E-state index is 15.8. The predicted molar refractivity (Wildman–Crippen MR) is 221 cm³/mol. The minimum atomic E-state index is -0.986. The number of carbonyl (C=O) groups is 2. The second kappa shape index (κ2) is 17.5. The number of aliphatic hydroxyl groups is 1. The van der Waals surface area contributed by atoms with Crippen LogP contribution in [-0.4, -0.2) is 98.5 Å². The van der Waals surface area contributed by atoms with Gasteiger partial charge in [-0.15, -0.1) is 0 Å². The van der Waals surface area contributed by atoms with Crippen molar-refractivity contribution in [3.63, 3.8) is 0 Å². The average Bonchev–Trinajstić information content (AvgIpc) is 3.53. The lowest BCUT2D eigenvalue weighted by Gasteiger charge is -2.62. The Bertz CT molecular complexity index is 1950. The average molecular weight is 783 g/mol. The highest BCUT2D eigenvalue weighted by atomic mass is 19.1. The molecule has 3 aliphatic carbocycles. The Morgan fingerprint density at radius 3 is 2.44 bits per heavy atom. The second-order valence-electron chi connectivity index (χ2n) is 17.6. The third kappa shape index (κ3) is 9.29. The number of benzene rings is 3. The second-order valence-corrected chi connectivity index (χ2v) is 17.6. The van der Waals surface area contributed by atoms with E-state index in [4.69, 9.17) is 10.4 Å². The molecule has 0 spiro atoms. The molecule has 1 heterocycles. The topological polar surface area (TPSA) is 146 Å². The van der Waals surface area contributed by atoms with Crippen LogP contribution in [0.2, 0.25) is 0 Å². The molecule has 2 bridgehead atoms. The summed E-state index contributed by atoms with van der Waals surface area (Å²) in [5.41, 5.74) is 13.4. The first-order chi connectivity index (χ1) is 27.1. The van der Waals surface area contributed by atoms with Gasteiger partial charge in [0.2, 0.25) is 5.91 Å². The zero-order valence-electron chi connectivity index (χ0n) is 34.5. The molecule has 3 saturated carbocycles. The minimum Gasteiger partial charge on any atom is -0.393 e. The number of halogens is 1. The lowest BCUT2D eigenvalue weighted by molar-refractivity contribution is -0.176. The molecule has 4 aliphatic rings. The fourth-order valence-corrected chi connectivity index (χ4v) is 9.58. The molecule has 2 amide bonds. The van der Waals surface area contributed by atoms with E-state index in [0.717, 1.165) is 24.1 Å². The maximum absolute atomic E-state index is 15.8. The molecule has 13 heteroatoms. The Balaban J connectivity index is 1.28. The number of likely N-dealkylation sites (N-methyl/N-ethyl adjacent to an activating group) is 1. The normalized spacial score (nSPS) is 26.2. The van der Waals surface area contributed by atoms with Crippen LogP contribution in [0.3, 0.4) is 0 Å². The smallest absolute Gasteiger partial charge is 0.251 e. The fourth-order valence-electron chi connectivity index (χ4n) is 9.58. The monoisotopic (exact) mass is 782 g/mol. The van der Waals surface area contributed by atoms with E-state index < -0.39 is 30.0 Å². The van der Waals surface area contributed by atoms with Crippen LogP contribution < -0.4 is 15.5 Å². The van der Waals surface area contributed by atoms with Gasteiger partial charge in [0.05, 0.1) is 25.3 Å². The van der Waals surface area contributed by atoms with Gasteiger partial charge in [-0.05, 0) is 116 Å². The highest BCUT2D eigenvalue weighted by Gasteiger charge is 2.57. The summed E-state index contributed by atoms with van der Waals surface area (Å²) in [5.74, 6) is -0.442. The van der Waals surface area contributed by atoms with Gasteiger partial charge in [0.25, 0.3) is 5.91 Å². The van der Waals surface area contributed by atoms with Crippen molar-refractivity contribution in [1.29, 1.82) is 0 Å². The number of fused-ring (bicyclic) bond motifs is 2. The molecular formula is C44H59FN8O4. The van der Waals surface area contributed by atoms with E-state index in [-0.39, 0.29) is 53.9 Å². The third-order valence-electron chi connectivity index (χ3n) is 12.9. The van der Waals surface area contributed by atoms with Crippen LogP contribution in [0.25, 0.3) is 21.6 Å². The van der Waals surface area contributed by atoms with E-state index in [2.05, 4.69) is 58.5 Å². The molecule has 0 aromatic heterocycles. The fraction of sp³-hybridized carbons (Fsp3) is 0.545. The van der Waals surface area contributed by atoms with Crippen molar-refractivity contribution in [1.82, 2.24) is 20.6 Å². The van der Waals surface area contributed by atoms with E-state index in [0.29, 0.717) is 41.5 Å². The quantitative estimate of drug-likeness (QED) is 0.0914. The molecule has 306 valence electrons. The Kier molecular flexibility index (Phi) is 13.0. The largest absolute Gasteiger partial charge is 0.393 e. The Morgan fingerprint density at radius 1 is 1.07 bits per heavy atom. The summed E-state index contributed by atoms with van der Waals surface area (Å²) in [6.07, 6.45) is 0.920. The van der Waals surface area contributed by atoms with Crippen molar-refractivity contribution in [3.05, 3.63) is 99.7 Å². The number of hydroxylamine groups is 2. The summed E-state index contributed by atoms with van der Waals surface area (Å²) >= 11 is 0. The van der Waals surface area contributed by atoms with Crippen LogP contribution in [0.4, 0.5) is 10.1 Å². The number of aliphatic hydroxyl groups excluding tert-OH is 1. The van der Waals surface area contributed by atoms with Gasteiger partial charge in [0, 0.05) is 60.4 Å². The molecule has 4 fully saturated rings. The first-order valence-corrected chi connectivity index (χ1v) is 20.1. The van der Waals surface area contributed by atoms with E-state index in [9.17, 15) is 14.7 Å². The Hall–Kier alpha value is -4.52. The summed E-state index contributed by atoms with van der Waals surface area (Å²) in [5, 5.41) is 22.7. The number of carbonyl (C=O) groups excluding carboxylic acids is 2. The molecule has 3 aromatic rings. The van der Waals surface area contributed by atoms with Gasteiger partial charge in [-0.1, -0.05) is 62.3 Å². The summed E-state index contributed by atoms with van der Waals surface area (Å²) in [6, 6.07) is 19.3. The van der Waals surface area contributed by atoms with Crippen LogP contribution in [-0.2, 0) is 22.6 Å². The van der Waals surface area contributed by atoms with Gasteiger partial charge >= 0.3 is 0 Å². The zero-order chi connectivity index (χ0) is 41.2. The van der Waals surface area contributed by atoms with E-state index >= 15 is 4.39 Å². The first-order valence-electron chi connectivity index (χ1n) is 20.1. The summed E-state index contributed by atoms with van der Waals surface area (Å²) < 4.78 is 15.8. The van der Waals surface area contributed by atoms with Gasteiger partial charge in [-0.2, -0.15) is 5.06 Å². The highest BCUT2D eigenvalue weighted by molar-refractivity contribution is 5.97. The van der Waals surface area contributed by atoms with Crippen molar-refractivity contribution in [2.45, 2.75) is 83.8 Å². The predicted octanol–water partition coefficient (Wildman–Crippen LogP) is 6.44. The molecule has 1 aliphatic heterocycles. The van der Waals surface area contributed by atoms with E-state index in [1.165, 1.54) is 11.1 Å². The summed E-state index contributed by atoms with van der Waals surface area (Å²) in [4.78, 5) is 41.4. The molecule has 7 rings (SSSR count). The lowest BCUT2D eigenvalue weighted by Crippen LogP contribution is -2.62. The SMILES string of the molecule is C[C@@H]1[C@@H](NC(=O)[C@@H]2[C@H]([C@H](C)O)[C@H](CN=[N+]=[N-])ON2Cc2cc(-c3cc(C(=O)N[C@@H](Cc4ccccc4)CN(C)C)cc(N(C)C)c3)ccc2F)C[C@H]2C[C@@H]1C2(C)C. The number of hydrogen-bond acceptors (Lipinski definition) is 8. The van der Waals surface area contributed by atoms with Crippen LogP contribution >= 0.6 is 0 Å². The summed E-state index contributed by atoms with van der Waals surface area (Å²) in [6.45, 7) is 8.84. The van der Waals surface area contributed by atoms with Crippen LogP contribution in [0.5, 0.6) is 0 Å². The van der Waals surface area contributed by atoms with Crippen LogP contribution in [0.1, 0.15) is 62.0 Å².